The third kappa shape index (κ3) is 2.25. The molecule has 0 aliphatic heterocycles. The van der Waals surface area contributed by atoms with Gasteiger partial charge in [-0.3, -0.25) is 14.9 Å². The summed E-state index contributed by atoms with van der Waals surface area (Å²) in [6.45, 7) is 0. The van der Waals surface area contributed by atoms with E-state index in [4.69, 9.17) is 14.9 Å². The Labute approximate surface area is 107 Å². The smallest absolute Gasteiger partial charge is 0.434 e. The highest BCUT2D eigenvalue weighted by Gasteiger charge is 2.24. The fourth-order valence-corrected chi connectivity index (χ4v) is 1.72. The second kappa shape index (κ2) is 4.81. The van der Waals surface area contributed by atoms with Crippen LogP contribution in [0.4, 0.5) is 5.88 Å². The van der Waals surface area contributed by atoms with E-state index < -0.39 is 16.7 Å². The van der Waals surface area contributed by atoms with Gasteiger partial charge in [0, 0.05) is 11.1 Å². The van der Waals surface area contributed by atoms with Crippen LogP contribution < -0.4 is 10.5 Å². The number of hydrogen-bond acceptors (Lipinski definition) is 5. The van der Waals surface area contributed by atoms with Gasteiger partial charge in [0.2, 0.25) is 5.76 Å². The van der Waals surface area contributed by atoms with Crippen molar-refractivity contribution in [1.82, 2.24) is 0 Å². The topological polar surface area (TPSA) is 109 Å². The average molecular weight is 262 g/mol. The summed E-state index contributed by atoms with van der Waals surface area (Å²) < 4.78 is 10.0. The molecule has 2 N–H and O–H groups in total. The largest absolute Gasteiger partial charge is 0.496 e. The van der Waals surface area contributed by atoms with Crippen molar-refractivity contribution >= 4 is 11.8 Å². The summed E-state index contributed by atoms with van der Waals surface area (Å²) in [5.41, 5.74) is 5.89. The molecule has 0 aliphatic carbocycles. The molecule has 1 aromatic carbocycles. The quantitative estimate of drug-likeness (QED) is 0.669. The van der Waals surface area contributed by atoms with Gasteiger partial charge >= 0.3 is 5.88 Å². The second-order valence-electron chi connectivity index (χ2n) is 3.65. The minimum Gasteiger partial charge on any atom is -0.496 e. The maximum absolute atomic E-state index is 11.3. The zero-order chi connectivity index (χ0) is 14.0. The molecule has 7 heteroatoms. The molecule has 2 aromatic rings. The first-order valence-corrected chi connectivity index (χ1v) is 5.26. The van der Waals surface area contributed by atoms with Crippen LogP contribution in [0.1, 0.15) is 10.6 Å². The average Bonchev–Trinajstić information content (AvgIpc) is 2.83. The molecule has 0 fully saturated rings. The molecular formula is C12H10N2O5. The highest BCUT2D eigenvalue weighted by Crippen LogP contribution is 2.36. The lowest BCUT2D eigenvalue weighted by molar-refractivity contribution is -0.402. The van der Waals surface area contributed by atoms with E-state index in [9.17, 15) is 14.9 Å². The molecule has 0 saturated heterocycles. The van der Waals surface area contributed by atoms with Gasteiger partial charge in [0.05, 0.1) is 13.2 Å². The fraction of sp³-hybridized carbons (Fsp3) is 0.0833. The highest BCUT2D eigenvalue weighted by molar-refractivity contribution is 5.98. The monoisotopic (exact) mass is 262 g/mol. The van der Waals surface area contributed by atoms with E-state index >= 15 is 0 Å². The zero-order valence-corrected chi connectivity index (χ0v) is 9.95. The minimum absolute atomic E-state index is 0.233. The first-order chi connectivity index (χ1) is 9.04. The number of carbonyl (C=O) groups excluding carboxylic acids is 1. The summed E-state index contributed by atoms with van der Waals surface area (Å²) in [5.74, 6) is -1.24. The molecule has 1 amide bonds. The van der Waals surface area contributed by atoms with E-state index in [2.05, 4.69) is 0 Å². The van der Waals surface area contributed by atoms with Crippen molar-refractivity contribution in [1.29, 1.82) is 0 Å². The summed E-state index contributed by atoms with van der Waals surface area (Å²) in [6, 6.07) is 7.92. The molecule has 19 heavy (non-hydrogen) atoms. The van der Waals surface area contributed by atoms with Crippen LogP contribution in [0.5, 0.6) is 5.75 Å². The Hall–Kier alpha value is -2.83. The summed E-state index contributed by atoms with van der Waals surface area (Å²) in [5, 5.41) is 10.7. The number of nitrogens with two attached hydrogens (primary N) is 1. The third-order valence-electron chi connectivity index (χ3n) is 2.52. The fourth-order valence-electron chi connectivity index (χ4n) is 1.72. The van der Waals surface area contributed by atoms with E-state index in [-0.39, 0.29) is 11.3 Å². The van der Waals surface area contributed by atoms with Crippen LogP contribution in [0, 0.1) is 10.1 Å². The van der Waals surface area contributed by atoms with Gasteiger partial charge in [-0.1, -0.05) is 18.2 Å². The van der Waals surface area contributed by atoms with Gasteiger partial charge in [0.25, 0.3) is 5.91 Å². The lowest BCUT2D eigenvalue weighted by atomic mass is 10.0. The molecule has 0 saturated carbocycles. The molecule has 0 aliphatic rings. The Balaban J connectivity index is 2.66. The zero-order valence-electron chi connectivity index (χ0n) is 9.95. The number of ether oxygens (including phenoxy) is 1. The first-order valence-electron chi connectivity index (χ1n) is 5.26. The van der Waals surface area contributed by atoms with Crippen LogP contribution in [0.25, 0.3) is 11.1 Å². The van der Waals surface area contributed by atoms with Gasteiger partial charge in [0.15, 0.2) is 0 Å². The van der Waals surface area contributed by atoms with E-state index in [1.165, 1.54) is 7.11 Å². The summed E-state index contributed by atoms with van der Waals surface area (Å²) in [6.07, 6.45) is 0. The number of nitrogens with zero attached hydrogens (tertiary/aromatic N) is 1. The SMILES string of the molecule is COc1ccccc1-c1cc([N+](=O)[O-])oc1C(N)=O. The van der Waals surface area contributed by atoms with Crippen molar-refractivity contribution in [3.05, 3.63) is 46.2 Å². The second-order valence-corrected chi connectivity index (χ2v) is 3.65. The van der Waals surface area contributed by atoms with Crippen molar-refractivity contribution in [2.45, 2.75) is 0 Å². The maximum atomic E-state index is 11.3. The predicted molar refractivity (Wildman–Crippen MR) is 65.9 cm³/mol. The molecule has 1 heterocycles. The summed E-state index contributed by atoms with van der Waals surface area (Å²) in [4.78, 5) is 21.3. The van der Waals surface area contributed by atoms with Crippen LogP contribution in [-0.4, -0.2) is 17.9 Å². The lowest BCUT2D eigenvalue weighted by Crippen LogP contribution is -2.10. The third-order valence-corrected chi connectivity index (χ3v) is 2.52. The van der Waals surface area contributed by atoms with Crippen molar-refractivity contribution in [3.8, 4) is 16.9 Å². The minimum atomic E-state index is -0.881. The van der Waals surface area contributed by atoms with Gasteiger partial charge < -0.3 is 14.9 Å². The van der Waals surface area contributed by atoms with E-state index in [0.29, 0.717) is 11.3 Å². The lowest BCUT2D eigenvalue weighted by Gasteiger charge is -2.06. The predicted octanol–water partition coefficient (Wildman–Crippen LogP) is 1.96. The number of carbonyl (C=O) groups is 1. The van der Waals surface area contributed by atoms with Crippen LogP contribution in [0.2, 0.25) is 0 Å². The van der Waals surface area contributed by atoms with E-state index in [0.717, 1.165) is 6.07 Å². The Morgan fingerprint density at radius 3 is 2.63 bits per heavy atom. The number of hydrogen-bond donors (Lipinski definition) is 1. The molecule has 0 bridgehead atoms. The van der Waals surface area contributed by atoms with Crippen molar-refractivity contribution in [3.63, 3.8) is 0 Å². The Kier molecular flexibility index (Phi) is 3.19. The van der Waals surface area contributed by atoms with Crippen LogP contribution in [-0.2, 0) is 0 Å². The summed E-state index contributed by atoms with van der Waals surface area (Å²) in [7, 11) is 1.46. The number of amides is 1. The maximum Gasteiger partial charge on any atom is 0.434 e. The van der Waals surface area contributed by atoms with Gasteiger partial charge in [-0.25, -0.2) is 0 Å². The van der Waals surface area contributed by atoms with Crippen LogP contribution in [0.3, 0.4) is 0 Å². The molecule has 0 atom stereocenters. The molecule has 7 nitrogen and oxygen atoms in total. The number of furan rings is 1. The number of primary amides is 1. The number of benzene rings is 1. The molecule has 0 spiro atoms. The Morgan fingerprint density at radius 1 is 1.37 bits per heavy atom. The first kappa shape index (κ1) is 12.6. The molecule has 1 aromatic heterocycles. The van der Waals surface area contributed by atoms with Crippen molar-refractivity contribution in [2.24, 2.45) is 5.73 Å². The highest BCUT2D eigenvalue weighted by atomic mass is 16.6. The van der Waals surface area contributed by atoms with E-state index in [1.807, 2.05) is 0 Å². The molecule has 0 radical (unpaired) electrons. The van der Waals surface area contributed by atoms with Crippen molar-refractivity contribution in [2.75, 3.05) is 7.11 Å². The van der Waals surface area contributed by atoms with Crippen LogP contribution in [0.15, 0.2) is 34.7 Å². The van der Waals surface area contributed by atoms with Gasteiger partial charge in [0.1, 0.15) is 10.7 Å². The van der Waals surface area contributed by atoms with Gasteiger partial charge in [-0.2, -0.15) is 0 Å². The van der Waals surface area contributed by atoms with Gasteiger partial charge in [-0.15, -0.1) is 0 Å². The Morgan fingerprint density at radius 2 is 2.05 bits per heavy atom. The van der Waals surface area contributed by atoms with Crippen LogP contribution >= 0.6 is 0 Å². The molecule has 2 rings (SSSR count). The normalized spacial score (nSPS) is 10.2. The van der Waals surface area contributed by atoms with Crippen molar-refractivity contribution < 1.29 is 18.9 Å². The number of nitro groups is 1. The van der Waals surface area contributed by atoms with E-state index in [1.54, 1.807) is 24.3 Å². The number of methoxy groups -OCH3 is 1. The molecular weight excluding hydrogens is 252 g/mol. The standard InChI is InChI=1S/C12H10N2O5/c1-18-9-5-3-2-4-7(9)8-6-10(14(16)17)19-11(8)12(13)15/h2-6H,1H3,(H2,13,15). The van der Waals surface area contributed by atoms with Gasteiger partial charge in [-0.05, 0) is 6.07 Å². The number of rotatable bonds is 4. The number of para-hydroxylation sites is 1. The Bertz CT molecular complexity index is 647. The molecule has 0 unspecified atom stereocenters. The summed E-state index contributed by atoms with van der Waals surface area (Å²) >= 11 is 0. The molecule has 98 valence electrons.